The highest BCUT2D eigenvalue weighted by molar-refractivity contribution is 5.80. The Morgan fingerprint density at radius 1 is 1.06 bits per heavy atom. The Hall–Kier alpha value is -3.88. The van der Waals surface area contributed by atoms with Gasteiger partial charge in [0.1, 0.15) is 29.6 Å². The van der Waals surface area contributed by atoms with Crippen molar-refractivity contribution in [3.8, 4) is 28.4 Å². The van der Waals surface area contributed by atoms with Gasteiger partial charge in [-0.3, -0.25) is 4.79 Å². The van der Waals surface area contributed by atoms with Crippen LogP contribution in [0.3, 0.4) is 0 Å². The summed E-state index contributed by atoms with van der Waals surface area (Å²) < 4.78 is 47.5. The van der Waals surface area contributed by atoms with Crippen molar-refractivity contribution in [3.05, 3.63) is 66.1 Å². The Morgan fingerprint density at radius 3 is 2.47 bits per heavy atom. The van der Waals surface area contributed by atoms with Crippen molar-refractivity contribution in [1.82, 2.24) is 15.0 Å². The third kappa shape index (κ3) is 4.14. The van der Waals surface area contributed by atoms with Crippen LogP contribution in [0.25, 0.3) is 33.5 Å². The second-order valence-electron chi connectivity index (χ2n) is 7.93. The standard InChI is InChI=1S/C23H18F3N3O3/c1-23(2,22(30)31)11-32-19-6-4-13(10-27-19)12-3-5-15(16(25)7-12)21-28-18-9-14(24)8-17(26)20(18)29-21/h3-10H,11H2,1-2H3,(H,28,29)(H,30,31). The summed E-state index contributed by atoms with van der Waals surface area (Å²) in [5.41, 5.74) is 0.239. The largest absolute Gasteiger partial charge is 0.481 e. The van der Waals surface area contributed by atoms with Crippen molar-refractivity contribution in [2.45, 2.75) is 13.8 Å². The fourth-order valence-corrected chi connectivity index (χ4v) is 3.01. The third-order valence-electron chi connectivity index (χ3n) is 4.96. The number of carboxylic acid groups (broad SMARTS) is 1. The van der Waals surface area contributed by atoms with Crippen molar-refractivity contribution in [2.24, 2.45) is 5.41 Å². The van der Waals surface area contributed by atoms with Gasteiger partial charge in [-0.25, -0.2) is 23.1 Å². The van der Waals surface area contributed by atoms with Gasteiger partial charge in [0.05, 0.1) is 16.5 Å². The van der Waals surface area contributed by atoms with E-state index in [1.54, 1.807) is 32.0 Å². The number of halogens is 3. The van der Waals surface area contributed by atoms with Crippen molar-refractivity contribution in [1.29, 1.82) is 0 Å². The quantitative estimate of drug-likeness (QED) is 0.430. The molecule has 0 saturated carbocycles. The average molecular weight is 441 g/mol. The van der Waals surface area contributed by atoms with Gasteiger partial charge in [-0.2, -0.15) is 0 Å². The van der Waals surface area contributed by atoms with E-state index in [0.29, 0.717) is 11.1 Å². The maximum atomic E-state index is 14.8. The second-order valence-corrected chi connectivity index (χ2v) is 7.93. The number of hydrogen-bond acceptors (Lipinski definition) is 4. The molecule has 2 aromatic heterocycles. The van der Waals surface area contributed by atoms with Crippen LogP contribution in [0.4, 0.5) is 13.2 Å². The minimum atomic E-state index is -1.06. The van der Waals surface area contributed by atoms with E-state index in [1.165, 1.54) is 18.3 Å². The summed E-state index contributed by atoms with van der Waals surface area (Å²) in [6, 6.07) is 9.46. The normalized spacial score (nSPS) is 11.7. The monoisotopic (exact) mass is 441 g/mol. The minimum Gasteiger partial charge on any atom is -0.481 e. The van der Waals surface area contributed by atoms with Crippen LogP contribution in [0.1, 0.15) is 13.8 Å². The molecule has 0 spiro atoms. The van der Waals surface area contributed by atoms with Crippen LogP contribution in [0, 0.1) is 22.9 Å². The Morgan fingerprint density at radius 2 is 1.81 bits per heavy atom. The van der Waals surface area contributed by atoms with Gasteiger partial charge in [-0.1, -0.05) is 6.07 Å². The molecule has 2 N–H and O–H groups in total. The first-order valence-corrected chi connectivity index (χ1v) is 9.61. The first kappa shape index (κ1) is 21.4. The van der Waals surface area contributed by atoms with Crippen LogP contribution in [0.5, 0.6) is 5.88 Å². The second kappa shape index (κ2) is 7.99. The van der Waals surface area contributed by atoms with Crippen LogP contribution in [-0.2, 0) is 4.79 Å². The highest BCUT2D eigenvalue weighted by atomic mass is 19.1. The van der Waals surface area contributed by atoms with Gasteiger partial charge in [-0.15, -0.1) is 0 Å². The average Bonchev–Trinajstić information content (AvgIpc) is 3.16. The van der Waals surface area contributed by atoms with E-state index in [9.17, 15) is 18.0 Å². The molecule has 0 saturated heterocycles. The van der Waals surface area contributed by atoms with Gasteiger partial charge in [0.15, 0.2) is 5.82 Å². The molecule has 0 aliphatic carbocycles. The van der Waals surface area contributed by atoms with Crippen LogP contribution in [-0.4, -0.2) is 32.6 Å². The third-order valence-corrected chi connectivity index (χ3v) is 4.96. The topological polar surface area (TPSA) is 88.1 Å². The fraction of sp³-hybridized carbons (Fsp3) is 0.174. The van der Waals surface area contributed by atoms with Crippen LogP contribution >= 0.6 is 0 Å². The fourth-order valence-electron chi connectivity index (χ4n) is 3.01. The Balaban J connectivity index is 1.56. The summed E-state index contributed by atoms with van der Waals surface area (Å²) in [7, 11) is 0. The number of ether oxygens (including phenoxy) is 1. The zero-order valence-electron chi connectivity index (χ0n) is 17.1. The number of imidazole rings is 1. The Bertz CT molecular complexity index is 1320. The molecule has 0 atom stereocenters. The smallest absolute Gasteiger partial charge is 0.312 e. The number of nitrogens with one attached hydrogen (secondary N) is 1. The predicted molar refractivity (Wildman–Crippen MR) is 112 cm³/mol. The molecule has 9 heteroatoms. The van der Waals surface area contributed by atoms with Gasteiger partial charge >= 0.3 is 5.97 Å². The summed E-state index contributed by atoms with van der Waals surface area (Å²) >= 11 is 0. The molecule has 32 heavy (non-hydrogen) atoms. The number of H-pyrrole nitrogens is 1. The van der Waals surface area contributed by atoms with Crippen LogP contribution in [0.15, 0.2) is 48.7 Å². The predicted octanol–water partition coefficient (Wildman–Crippen LogP) is 5.20. The van der Waals surface area contributed by atoms with Crippen molar-refractivity contribution in [2.75, 3.05) is 6.61 Å². The van der Waals surface area contributed by atoms with E-state index >= 15 is 0 Å². The molecular formula is C23H18F3N3O3. The van der Waals surface area contributed by atoms with E-state index in [0.717, 1.165) is 12.1 Å². The number of aliphatic carboxylic acids is 1. The number of carbonyl (C=O) groups is 1. The number of rotatable bonds is 6. The van der Waals surface area contributed by atoms with Gasteiger partial charge in [0.25, 0.3) is 0 Å². The van der Waals surface area contributed by atoms with Crippen LogP contribution < -0.4 is 4.74 Å². The summed E-state index contributed by atoms with van der Waals surface area (Å²) in [6.45, 7) is 3.03. The maximum Gasteiger partial charge on any atom is 0.312 e. The van der Waals surface area contributed by atoms with E-state index < -0.39 is 28.8 Å². The number of hydrogen-bond donors (Lipinski definition) is 2. The molecular weight excluding hydrogens is 423 g/mol. The minimum absolute atomic E-state index is 0.0556. The Labute approximate surface area is 180 Å². The zero-order chi connectivity index (χ0) is 23.0. The van der Waals surface area contributed by atoms with E-state index in [1.807, 2.05) is 0 Å². The first-order chi connectivity index (χ1) is 15.1. The van der Waals surface area contributed by atoms with E-state index in [-0.39, 0.29) is 34.9 Å². The summed E-state index contributed by atoms with van der Waals surface area (Å²) in [6.07, 6.45) is 1.48. The van der Waals surface area contributed by atoms with Crippen molar-refractivity contribution >= 4 is 17.0 Å². The van der Waals surface area contributed by atoms with Crippen LogP contribution in [0.2, 0.25) is 0 Å². The highest BCUT2D eigenvalue weighted by Gasteiger charge is 2.28. The van der Waals surface area contributed by atoms with Gasteiger partial charge in [0, 0.05) is 23.9 Å². The molecule has 0 aliphatic heterocycles. The SMILES string of the molecule is CC(C)(COc1ccc(-c2ccc(-c3nc4c(F)cc(F)cc4[nH]3)c(F)c2)cn1)C(=O)O. The molecule has 2 aromatic carbocycles. The molecule has 4 aromatic rings. The molecule has 6 nitrogen and oxygen atoms in total. The molecule has 2 heterocycles. The zero-order valence-corrected chi connectivity index (χ0v) is 17.1. The lowest BCUT2D eigenvalue weighted by molar-refractivity contribution is -0.148. The van der Waals surface area contributed by atoms with Crippen molar-refractivity contribution < 1.29 is 27.8 Å². The molecule has 0 radical (unpaired) electrons. The lowest BCUT2D eigenvalue weighted by Crippen LogP contribution is -2.30. The first-order valence-electron chi connectivity index (χ1n) is 9.61. The lowest BCUT2D eigenvalue weighted by atomic mass is 9.95. The van der Waals surface area contributed by atoms with E-state index in [2.05, 4.69) is 15.0 Å². The molecule has 0 aliphatic rings. The summed E-state index contributed by atoms with van der Waals surface area (Å²) in [4.78, 5) is 22.1. The highest BCUT2D eigenvalue weighted by Crippen LogP contribution is 2.29. The van der Waals surface area contributed by atoms with Crippen molar-refractivity contribution in [3.63, 3.8) is 0 Å². The Kier molecular flexibility index (Phi) is 5.33. The number of aromatic nitrogens is 3. The molecule has 0 bridgehead atoms. The lowest BCUT2D eigenvalue weighted by Gasteiger charge is -2.19. The number of carboxylic acids is 1. The molecule has 0 amide bonds. The number of benzene rings is 2. The van der Waals surface area contributed by atoms with Gasteiger partial charge < -0.3 is 14.8 Å². The van der Waals surface area contributed by atoms with Gasteiger partial charge in [0.2, 0.25) is 5.88 Å². The molecule has 0 unspecified atom stereocenters. The number of pyridine rings is 1. The number of fused-ring (bicyclic) bond motifs is 1. The number of nitrogens with zero attached hydrogens (tertiary/aromatic N) is 2. The summed E-state index contributed by atoms with van der Waals surface area (Å²) in [5, 5.41) is 9.13. The van der Waals surface area contributed by atoms with E-state index in [4.69, 9.17) is 9.84 Å². The molecule has 0 fully saturated rings. The maximum absolute atomic E-state index is 14.8. The molecule has 164 valence electrons. The van der Waals surface area contributed by atoms with Gasteiger partial charge in [-0.05, 0) is 43.7 Å². The summed E-state index contributed by atoms with van der Waals surface area (Å²) in [5.74, 6) is -2.85. The number of aromatic amines is 1. The molecule has 4 rings (SSSR count).